The highest BCUT2D eigenvalue weighted by Gasteiger charge is 2.28. The molecular weight excluding hydrogens is 286 g/mol. The van der Waals surface area contributed by atoms with Crippen LogP contribution in [0.15, 0.2) is 28.7 Å². The zero-order valence-electron chi connectivity index (χ0n) is 11.4. The molecule has 0 radical (unpaired) electrons. The van der Waals surface area contributed by atoms with E-state index in [0.717, 1.165) is 22.7 Å². The fourth-order valence-electron chi connectivity index (χ4n) is 3.08. The Morgan fingerprint density at radius 2 is 2.06 bits per heavy atom. The first-order chi connectivity index (χ1) is 8.56. The zero-order valence-corrected chi connectivity index (χ0v) is 13.0. The Morgan fingerprint density at radius 1 is 1.28 bits per heavy atom. The Hall–Kier alpha value is -0.340. The molecule has 0 saturated heterocycles. The maximum atomic E-state index is 6.42. The van der Waals surface area contributed by atoms with Gasteiger partial charge in [0.05, 0.1) is 0 Å². The summed E-state index contributed by atoms with van der Waals surface area (Å²) >= 11 is 3.52. The third kappa shape index (κ3) is 3.58. The molecule has 4 atom stereocenters. The first-order valence-electron chi connectivity index (χ1n) is 7.06. The van der Waals surface area contributed by atoms with Crippen molar-refractivity contribution in [2.24, 2.45) is 23.5 Å². The third-order valence-corrected chi connectivity index (χ3v) is 5.10. The molecular formula is C16H24BrN. The number of nitrogens with two attached hydrogens (primary N) is 1. The van der Waals surface area contributed by atoms with E-state index in [1.807, 2.05) is 0 Å². The van der Waals surface area contributed by atoms with Gasteiger partial charge in [-0.25, -0.2) is 0 Å². The summed E-state index contributed by atoms with van der Waals surface area (Å²) < 4.78 is 1.15. The van der Waals surface area contributed by atoms with Gasteiger partial charge in [-0.05, 0) is 54.7 Å². The molecule has 1 fully saturated rings. The largest absolute Gasteiger partial charge is 0.327 e. The summed E-state index contributed by atoms with van der Waals surface area (Å²) in [4.78, 5) is 0. The van der Waals surface area contributed by atoms with Crippen LogP contribution >= 0.6 is 15.9 Å². The van der Waals surface area contributed by atoms with Crippen LogP contribution in [0.3, 0.4) is 0 Å². The van der Waals surface area contributed by atoms with Crippen LogP contribution in [-0.2, 0) is 6.42 Å². The summed E-state index contributed by atoms with van der Waals surface area (Å²) in [5.74, 6) is 2.41. The highest BCUT2D eigenvalue weighted by molar-refractivity contribution is 9.10. The molecule has 1 aromatic rings. The first-order valence-corrected chi connectivity index (χ1v) is 7.85. The summed E-state index contributed by atoms with van der Waals surface area (Å²) in [5, 5.41) is 0. The second-order valence-electron chi connectivity index (χ2n) is 6.03. The summed E-state index contributed by atoms with van der Waals surface area (Å²) in [6.45, 7) is 4.75. The van der Waals surface area contributed by atoms with Gasteiger partial charge in [0.1, 0.15) is 0 Å². The van der Waals surface area contributed by atoms with Crippen molar-refractivity contribution >= 4 is 15.9 Å². The molecule has 0 spiro atoms. The average Bonchev–Trinajstić information content (AvgIpc) is 2.32. The number of halogens is 1. The molecule has 1 aliphatic carbocycles. The molecule has 100 valence electrons. The summed E-state index contributed by atoms with van der Waals surface area (Å²) in [6, 6.07) is 8.85. The molecule has 2 N–H and O–H groups in total. The van der Waals surface area contributed by atoms with Gasteiger partial charge in [-0.3, -0.25) is 0 Å². The molecule has 4 unspecified atom stereocenters. The minimum atomic E-state index is 0.314. The van der Waals surface area contributed by atoms with E-state index >= 15 is 0 Å². The van der Waals surface area contributed by atoms with Crippen LogP contribution in [0.4, 0.5) is 0 Å². The number of benzene rings is 1. The standard InChI is InChI=1S/C16H24BrN/c1-11-6-7-14(8-12(11)2)16(18)10-13-4-3-5-15(17)9-13/h3-5,9,11-12,14,16H,6-8,10,18H2,1-2H3. The topological polar surface area (TPSA) is 26.0 Å². The highest BCUT2D eigenvalue weighted by atomic mass is 79.9. The lowest BCUT2D eigenvalue weighted by Gasteiger charge is -2.35. The predicted octanol–water partition coefficient (Wildman–Crippen LogP) is 4.39. The quantitative estimate of drug-likeness (QED) is 0.880. The van der Waals surface area contributed by atoms with Crippen molar-refractivity contribution in [3.05, 3.63) is 34.3 Å². The zero-order chi connectivity index (χ0) is 13.1. The first kappa shape index (κ1) is 14.1. The molecule has 1 nitrogen and oxygen atoms in total. The lowest BCUT2D eigenvalue weighted by atomic mass is 9.72. The van der Waals surface area contributed by atoms with Crippen molar-refractivity contribution in [1.29, 1.82) is 0 Å². The van der Waals surface area contributed by atoms with Crippen LogP contribution in [0.2, 0.25) is 0 Å². The molecule has 0 aliphatic heterocycles. The molecule has 0 amide bonds. The smallest absolute Gasteiger partial charge is 0.0178 e. The van der Waals surface area contributed by atoms with Crippen molar-refractivity contribution in [2.45, 2.75) is 45.6 Å². The van der Waals surface area contributed by atoms with Gasteiger partial charge in [0.15, 0.2) is 0 Å². The number of hydrogen-bond acceptors (Lipinski definition) is 1. The molecule has 1 aliphatic rings. The minimum absolute atomic E-state index is 0.314. The number of rotatable bonds is 3. The molecule has 2 rings (SSSR count). The Bertz CT molecular complexity index is 390. The fraction of sp³-hybridized carbons (Fsp3) is 0.625. The number of hydrogen-bond donors (Lipinski definition) is 1. The van der Waals surface area contributed by atoms with Crippen LogP contribution in [0, 0.1) is 17.8 Å². The van der Waals surface area contributed by atoms with Crippen LogP contribution in [0.25, 0.3) is 0 Å². The van der Waals surface area contributed by atoms with Gasteiger partial charge >= 0.3 is 0 Å². The van der Waals surface area contributed by atoms with Crippen molar-refractivity contribution in [3.8, 4) is 0 Å². The molecule has 0 bridgehead atoms. The maximum absolute atomic E-state index is 6.42. The minimum Gasteiger partial charge on any atom is -0.327 e. The van der Waals surface area contributed by atoms with Crippen molar-refractivity contribution < 1.29 is 0 Å². The Kier molecular flexibility index (Phi) is 4.85. The molecule has 1 aromatic carbocycles. The molecule has 1 saturated carbocycles. The van der Waals surface area contributed by atoms with Gasteiger partial charge in [0.2, 0.25) is 0 Å². The van der Waals surface area contributed by atoms with E-state index in [0.29, 0.717) is 12.0 Å². The van der Waals surface area contributed by atoms with E-state index in [1.54, 1.807) is 0 Å². The Balaban J connectivity index is 1.94. The van der Waals surface area contributed by atoms with E-state index in [2.05, 4.69) is 54.0 Å². The normalized spacial score (nSPS) is 30.1. The van der Waals surface area contributed by atoms with Crippen molar-refractivity contribution in [3.63, 3.8) is 0 Å². The second-order valence-corrected chi connectivity index (χ2v) is 6.94. The van der Waals surface area contributed by atoms with E-state index in [1.165, 1.54) is 24.8 Å². The fourth-order valence-corrected chi connectivity index (χ4v) is 3.53. The third-order valence-electron chi connectivity index (χ3n) is 4.60. The van der Waals surface area contributed by atoms with E-state index in [-0.39, 0.29) is 0 Å². The second kappa shape index (κ2) is 6.21. The van der Waals surface area contributed by atoms with Crippen LogP contribution < -0.4 is 5.73 Å². The van der Waals surface area contributed by atoms with Crippen LogP contribution in [-0.4, -0.2) is 6.04 Å². The Morgan fingerprint density at radius 3 is 2.72 bits per heavy atom. The van der Waals surface area contributed by atoms with Crippen molar-refractivity contribution in [2.75, 3.05) is 0 Å². The van der Waals surface area contributed by atoms with E-state index in [9.17, 15) is 0 Å². The van der Waals surface area contributed by atoms with E-state index < -0.39 is 0 Å². The van der Waals surface area contributed by atoms with Gasteiger partial charge in [0, 0.05) is 10.5 Å². The van der Waals surface area contributed by atoms with Gasteiger partial charge in [-0.2, -0.15) is 0 Å². The van der Waals surface area contributed by atoms with Gasteiger partial charge in [-0.1, -0.05) is 48.3 Å². The van der Waals surface area contributed by atoms with Gasteiger partial charge in [-0.15, -0.1) is 0 Å². The molecule has 0 aromatic heterocycles. The van der Waals surface area contributed by atoms with E-state index in [4.69, 9.17) is 5.73 Å². The highest BCUT2D eigenvalue weighted by Crippen LogP contribution is 2.35. The predicted molar refractivity (Wildman–Crippen MR) is 81.5 cm³/mol. The monoisotopic (exact) mass is 309 g/mol. The molecule has 0 heterocycles. The van der Waals surface area contributed by atoms with Gasteiger partial charge < -0.3 is 5.73 Å². The van der Waals surface area contributed by atoms with Crippen LogP contribution in [0.5, 0.6) is 0 Å². The summed E-state index contributed by atoms with van der Waals surface area (Å²) in [5.41, 5.74) is 7.77. The lowest BCUT2D eigenvalue weighted by molar-refractivity contribution is 0.185. The summed E-state index contributed by atoms with van der Waals surface area (Å²) in [6.07, 6.45) is 4.96. The lowest BCUT2D eigenvalue weighted by Crippen LogP contribution is -2.36. The molecule has 2 heteroatoms. The van der Waals surface area contributed by atoms with Gasteiger partial charge in [0.25, 0.3) is 0 Å². The maximum Gasteiger partial charge on any atom is 0.0178 e. The molecule has 18 heavy (non-hydrogen) atoms. The SMILES string of the molecule is CC1CCC(C(N)Cc2cccc(Br)c2)CC1C. The van der Waals surface area contributed by atoms with Crippen molar-refractivity contribution in [1.82, 2.24) is 0 Å². The average molecular weight is 310 g/mol. The Labute approximate surface area is 119 Å². The summed E-state index contributed by atoms with van der Waals surface area (Å²) in [7, 11) is 0. The van der Waals surface area contributed by atoms with Crippen LogP contribution in [0.1, 0.15) is 38.7 Å².